The molecule has 0 radical (unpaired) electrons. The number of aromatic nitrogens is 2. The molecule has 6 heteroatoms. The Morgan fingerprint density at radius 1 is 1.33 bits per heavy atom. The van der Waals surface area contributed by atoms with Gasteiger partial charge >= 0.3 is 0 Å². The molecular weight excluding hydrogens is 334 g/mol. The second kappa shape index (κ2) is 7.56. The Morgan fingerprint density at radius 3 is 2.76 bits per heavy atom. The van der Waals surface area contributed by atoms with Gasteiger partial charge in [0.15, 0.2) is 0 Å². The van der Waals surface area contributed by atoms with Crippen molar-refractivity contribution in [3.63, 3.8) is 0 Å². The number of hydrogen-bond donors (Lipinski definition) is 1. The predicted molar refractivity (Wildman–Crippen MR) is 85.3 cm³/mol. The Hall–Kier alpha value is -1.40. The van der Waals surface area contributed by atoms with E-state index in [9.17, 15) is 0 Å². The Morgan fingerprint density at radius 2 is 2.14 bits per heavy atom. The largest absolute Gasteiger partial charge is 0.496 e. The quantitative estimate of drug-likeness (QED) is 0.816. The van der Waals surface area contributed by atoms with Crippen molar-refractivity contribution in [2.24, 2.45) is 0 Å². The minimum Gasteiger partial charge on any atom is -0.496 e. The van der Waals surface area contributed by atoms with E-state index < -0.39 is 0 Å². The molecule has 5 nitrogen and oxygen atoms in total. The smallest absolute Gasteiger partial charge is 0.247 e. The lowest BCUT2D eigenvalue weighted by molar-refractivity contribution is 0.396. The first-order chi connectivity index (χ1) is 10.2. The number of halogens is 1. The molecule has 0 saturated carbocycles. The second-order valence-corrected chi connectivity index (χ2v) is 5.56. The molecule has 2 aromatic rings. The fraction of sp³-hybridized carbons (Fsp3) is 0.467. The Bertz CT molecular complexity index is 586. The van der Waals surface area contributed by atoms with Gasteiger partial charge in [0.2, 0.25) is 11.8 Å². The van der Waals surface area contributed by atoms with E-state index in [0.29, 0.717) is 11.8 Å². The van der Waals surface area contributed by atoms with Gasteiger partial charge in [-0.2, -0.15) is 0 Å². The lowest BCUT2D eigenvalue weighted by Gasteiger charge is -2.11. The number of nitrogens with zero attached hydrogens (tertiary/aromatic N) is 2. The van der Waals surface area contributed by atoms with Crippen molar-refractivity contribution >= 4 is 15.9 Å². The van der Waals surface area contributed by atoms with Crippen molar-refractivity contribution in [3.05, 3.63) is 28.6 Å². The van der Waals surface area contributed by atoms with Crippen LogP contribution >= 0.6 is 15.9 Å². The summed E-state index contributed by atoms with van der Waals surface area (Å²) < 4.78 is 11.9. The summed E-state index contributed by atoms with van der Waals surface area (Å²) in [5.74, 6) is 1.92. The summed E-state index contributed by atoms with van der Waals surface area (Å²) in [4.78, 5) is 0. The molecule has 114 valence electrons. The van der Waals surface area contributed by atoms with Crippen LogP contribution in [-0.2, 0) is 0 Å². The van der Waals surface area contributed by atoms with E-state index in [1.807, 2.05) is 18.2 Å². The van der Waals surface area contributed by atoms with Gasteiger partial charge in [0.25, 0.3) is 0 Å². The summed E-state index contributed by atoms with van der Waals surface area (Å²) in [6.07, 6.45) is 1.98. The van der Waals surface area contributed by atoms with Gasteiger partial charge in [0, 0.05) is 5.56 Å². The van der Waals surface area contributed by atoms with Crippen LogP contribution in [0.4, 0.5) is 0 Å². The van der Waals surface area contributed by atoms with Gasteiger partial charge in [-0.3, -0.25) is 0 Å². The van der Waals surface area contributed by atoms with Gasteiger partial charge in [0.05, 0.1) is 17.6 Å². The molecule has 2 rings (SSSR count). The normalized spacial score (nSPS) is 12.4. The first kappa shape index (κ1) is 16.0. The zero-order chi connectivity index (χ0) is 15.2. The molecule has 1 N–H and O–H groups in total. The predicted octanol–water partition coefficient (Wildman–Crippen LogP) is 3.96. The number of nitrogens with one attached hydrogen (secondary N) is 1. The molecule has 1 heterocycles. The van der Waals surface area contributed by atoms with Crippen LogP contribution < -0.4 is 10.1 Å². The number of hydrogen-bond acceptors (Lipinski definition) is 5. The third kappa shape index (κ3) is 3.83. The van der Waals surface area contributed by atoms with Crippen LogP contribution in [0.25, 0.3) is 11.5 Å². The van der Waals surface area contributed by atoms with Crippen LogP contribution in [0.5, 0.6) is 5.75 Å². The highest BCUT2D eigenvalue weighted by Gasteiger charge is 2.17. The fourth-order valence-electron chi connectivity index (χ4n) is 2.02. The van der Waals surface area contributed by atoms with Crippen molar-refractivity contribution < 1.29 is 9.15 Å². The van der Waals surface area contributed by atoms with Gasteiger partial charge in [-0.25, -0.2) is 0 Å². The summed E-state index contributed by atoms with van der Waals surface area (Å²) in [7, 11) is 1.63. The van der Waals surface area contributed by atoms with Crippen LogP contribution in [0.2, 0.25) is 0 Å². The number of methoxy groups -OCH3 is 1. The van der Waals surface area contributed by atoms with Crippen molar-refractivity contribution in [1.82, 2.24) is 15.5 Å². The SMILES string of the molecule is CCCNC(CC)c1nnc(-c2ccc(OC)c(Br)c2)o1. The van der Waals surface area contributed by atoms with E-state index in [-0.39, 0.29) is 6.04 Å². The molecule has 1 aromatic carbocycles. The highest BCUT2D eigenvalue weighted by molar-refractivity contribution is 9.10. The van der Waals surface area contributed by atoms with Gasteiger partial charge in [0.1, 0.15) is 5.75 Å². The van der Waals surface area contributed by atoms with Crippen molar-refractivity contribution in [2.75, 3.05) is 13.7 Å². The Labute approximate surface area is 133 Å². The molecule has 0 aliphatic carbocycles. The van der Waals surface area contributed by atoms with Gasteiger partial charge in [-0.15, -0.1) is 10.2 Å². The van der Waals surface area contributed by atoms with Gasteiger partial charge in [-0.1, -0.05) is 13.8 Å². The van der Waals surface area contributed by atoms with E-state index in [0.717, 1.165) is 35.2 Å². The molecule has 21 heavy (non-hydrogen) atoms. The molecule has 0 spiro atoms. The molecule has 1 atom stereocenters. The summed E-state index contributed by atoms with van der Waals surface area (Å²) >= 11 is 3.46. The van der Waals surface area contributed by atoms with Crippen LogP contribution in [0.15, 0.2) is 27.1 Å². The Balaban J connectivity index is 2.20. The molecule has 0 fully saturated rings. The Kier molecular flexibility index (Phi) is 5.76. The zero-order valence-electron chi connectivity index (χ0n) is 12.5. The number of rotatable bonds is 7. The summed E-state index contributed by atoms with van der Waals surface area (Å²) in [5, 5.41) is 11.7. The lowest BCUT2D eigenvalue weighted by Crippen LogP contribution is -2.21. The van der Waals surface area contributed by atoms with E-state index >= 15 is 0 Å². The highest BCUT2D eigenvalue weighted by atomic mass is 79.9. The zero-order valence-corrected chi connectivity index (χ0v) is 14.1. The molecular formula is C15H20BrN3O2. The summed E-state index contributed by atoms with van der Waals surface area (Å²) in [5.41, 5.74) is 0.867. The van der Waals surface area contributed by atoms with Crippen LogP contribution in [-0.4, -0.2) is 23.9 Å². The first-order valence-corrected chi connectivity index (χ1v) is 7.89. The van der Waals surface area contributed by atoms with Crippen molar-refractivity contribution in [3.8, 4) is 17.2 Å². The maximum atomic E-state index is 5.80. The number of ether oxygens (including phenoxy) is 1. The molecule has 0 bridgehead atoms. The molecule has 1 unspecified atom stereocenters. The van der Waals surface area contributed by atoms with Crippen LogP contribution in [0.1, 0.15) is 38.6 Å². The fourth-order valence-corrected chi connectivity index (χ4v) is 2.56. The third-order valence-corrected chi connectivity index (χ3v) is 3.81. The second-order valence-electron chi connectivity index (χ2n) is 4.71. The molecule has 1 aromatic heterocycles. The molecule has 0 aliphatic heterocycles. The van der Waals surface area contributed by atoms with E-state index in [4.69, 9.17) is 9.15 Å². The van der Waals surface area contributed by atoms with E-state index in [1.54, 1.807) is 7.11 Å². The maximum Gasteiger partial charge on any atom is 0.247 e. The minimum atomic E-state index is 0.105. The maximum absolute atomic E-state index is 5.80. The van der Waals surface area contributed by atoms with Crippen LogP contribution in [0, 0.1) is 0 Å². The standard InChI is InChI=1S/C15H20BrN3O2/c1-4-8-17-12(5-2)15-19-18-14(21-15)10-6-7-13(20-3)11(16)9-10/h6-7,9,12,17H,4-5,8H2,1-3H3. The topological polar surface area (TPSA) is 60.2 Å². The van der Waals surface area contributed by atoms with E-state index in [2.05, 4.69) is 45.3 Å². The minimum absolute atomic E-state index is 0.105. The van der Waals surface area contributed by atoms with Crippen molar-refractivity contribution in [1.29, 1.82) is 0 Å². The summed E-state index contributed by atoms with van der Waals surface area (Å²) in [6.45, 7) is 5.17. The third-order valence-electron chi connectivity index (χ3n) is 3.19. The lowest BCUT2D eigenvalue weighted by atomic mass is 10.2. The van der Waals surface area contributed by atoms with Crippen LogP contribution in [0.3, 0.4) is 0 Å². The molecule has 0 amide bonds. The first-order valence-electron chi connectivity index (χ1n) is 7.10. The highest BCUT2D eigenvalue weighted by Crippen LogP contribution is 2.30. The summed E-state index contributed by atoms with van der Waals surface area (Å²) in [6, 6.07) is 5.79. The van der Waals surface area contributed by atoms with Gasteiger partial charge < -0.3 is 14.5 Å². The molecule has 0 saturated heterocycles. The van der Waals surface area contributed by atoms with Gasteiger partial charge in [-0.05, 0) is 53.5 Å². The average molecular weight is 354 g/mol. The van der Waals surface area contributed by atoms with Crippen molar-refractivity contribution in [2.45, 2.75) is 32.7 Å². The average Bonchev–Trinajstić information content (AvgIpc) is 2.98. The van der Waals surface area contributed by atoms with E-state index in [1.165, 1.54) is 0 Å². The monoisotopic (exact) mass is 353 g/mol. The molecule has 0 aliphatic rings. The number of benzene rings is 1.